The van der Waals surface area contributed by atoms with Crippen LogP contribution in [0.3, 0.4) is 0 Å². The molecule has 6 nitrogen and oxygen atoms in total. The lowest BCUT2D eigenvalue weighted by atomic mass is 10.1. The van der Waals surface area contributed by atoms with Crippen LogP contribution in [-0.2, 0) is 6.61 Å². The summed E-state index contributed by atoms with van der Waals surface area (Å²) in [5.41, 5.74) is 2.62. The van der Waals surface area contributed by atoms with E-state index in [2.05, 4.69) is 4.98 Å². The Hall–Kier alpha value is -4.19. The molecule has 30 heavy (non-hydrogen) atoms. The standard InChI is InChI=1S/C24H16N2O4/c27-26(28)19-10-11-21-23(14-19)30-24(25-21)20-12-17-8-4-5-9-18(17)13-22(20)29-15-16-6-2-1-3-7-16/h1-14H,15H2. The molecular formula is C24H16N2O4. The Balaban J connectivity index is 1.61. The van der Waals surface area contributed by atoms with Gasteiger partial charge in [-0.2, -0.15) is 0 Å². The van der Waals surface area contributed by atoms with Crippen LogP contribution >= 0.6 is 0 Å². The van der Waals surface area contributed by atoms with Gasteiger partial charge in [0.15, 0.2) is 5.58 Å². The Morgan fingerprint density at radius 3 is 2.40 bits per heavy atom. The number of nitro groups is 1. The molecule has 1 heterocycles. The lowest BCUT2D eigenvalue weighted by molar-refractivity contribution is -0.384. The van der Waals surface area contributed by atoms with Crippen molar-refractivity contribution in [3.05, 3.63) is 101 Å². The van der Waals surface area contributed by atoms with Crippen LogP contribution in [0.5, 0.6) is 5.75 Å². The Morgan fingerprint density at radius 1 is 0.900 bits per heavy atom. The summed E-state index contributed by atoms with van der Waals surface area (Å²) in [5.74, 6) is 0.998. The summed E-state index contributed by atoms with van der Waals surface area (Å²) in [6, 6.07) is 26.2. The largest absolute Gasteiger partial charge is 0.488 e. The summed E-state index contributed by atoms with van der Waals surface area (Å²) in [6.45, 7) is 0.401. The van der Waals surface area contributed by atoms with E-state index in [1.807, 2.05) is 66.7 Å². The van der Waals surface area contributed by atoms with Gasteiger partial charge in [0.25, 0.3) is 5.69 Å². The number of rotatable bonds is 5. The van der Waals surface area contributed by atoms with Crippen molar-refractivity contribution in [2.45, 2.75) is 6.61 Å². The van der Waals surface area contributed by atoms with Gasteiger partial charge in [-0.3, -0.25) is 10.1 Å². The summed E-state index contributed by atoms with van der Waals surface area (Å²) < 4.78 is 12.0. The minimum absolute atomic E-state index is 0.0377. The fraction of sp³-hybridized carbons (Fsp3) is 0.0417. The zero-order valence-electron chi connectivity index (χ0n) is 15.8. The van der Waals surface area contributed by atoms with Gasteiger partial charge in [0.1, 0.15) is 17.9 Å². The van der Waals surface area contributed by atoms with Crippen LogP contribution in [0.1, 0.15) is 5.56 Å². The summed E-state index contributed by atoms with van der Waals surface area (Å²) >= 11 is 0. The van der Waals surface area contributed by atoms with Crippen molar-refractivity contribution < 1.29 is 14.1 Å². The first-order valence-electron chi connectivity index (χ1n) is 9.42. The first-order chi connectivity index (χ1) is 14.7. The van der Waals surface area contributed by atoms with Gasteiger partial charge in [-0.05, 0) is 34.5 Å². The Labute approximate surface area is 171 Å². The number of aromatic nitrogens is 1. The smallest absolute Gasteiger partial charge is 0.273 e. The molecule has 0 saturated heterocycles. The number of hydrogen-bond acceptors (Lipinski definition) is 5. The Bertz CT molecular complexity index is 1380. The second-order valence-electron chi connectivity index (χ2n) is 6.90. The highest BCUT2D eigenvalue weighted by Crippen LogP contribution is 2.36. The number of non-ortho nitro benzene ring substituents is 1. The first kappa shape index (κ1) is 17.9. The molecule has 0 fully saturated rings. The van der Waals surface area contributed by atoms with Crippen LogP contribution in [0.15, 0.2) is 89.3 Å². The normalized spacial score (nSPS) is 11.1. The Kier molecular flexibility index (Phi) is 4.37. The molecule has 5 aromatic rings. The van der Waals surface area contributed by atoms with Gasteiger partial charge in [-0.25, -0.2) is 4.98 Å². The summed E-state index contributed by atoms with van der Waals surface area (Å²) in [7, 11) is 0. The molecule has 146 valence electrons. The molecule has 4 aromatic carbocycles. The van der Waals surface area contributed by atoms with Gasteiger partial charge in [0.2, 0.25) is 5.89 Å². The average molecular weight is 396 g/mol. The molecule has 0 aliphatic carbocycles. The van der Waals surface area contributed by atoms with Crippen LogP contribution in [0.2, 0.25) is 0 Å². The SMILES string of the molecule is O=[N+]([O-])c1ccc2nc(-c3cc4ccccc4cc3OCc3ccccc3)oc2c1. The molecule has 5 rings (SSSR count). The number of nitrogens with zero attached hydrogens (tertiary/aromatic N) is 2. The van der Waals surface area contributed by atoms with E-state index in [4.69, 9.17) is 9.15 Å². The maximum Gasteiger partial charge on any atom is 0.273 e. The molecule has 0 bridgehead atoms. The number of hydrogen-bond donors (Lipinski definition) is 0. The molecule has 0 N–H and O–H groups in total. The van der Waals surface area contributed by atoms with E-state index >= 15 is 0 Å². The third-order valence-electron chi connectivity index (χ3n) is 4.90. The van der Waals surface area contributed by atoms with Crippen LogP contribution in [-0.4, -0.2) is 9.91 Å². The number of nitro benzene ring substituents is 1. The van der Waals surface area contributed by atoms with Gasteiger partial charge in [-0.15, -0.1) is 0 Å². The highest BCUT2D eigenvalue weighted by Gasteiger charge is 2.17. The molecule has 0 spiro atoms. The number of ether oxygens (including phenoxy) is 1. The van der Waals surface area contributed by atoms with E-state index in [1.165, 1.54) is 12.1 Å². The highest BCUT2D eigenvalue weighted by atomic mass is 16.6. The van der Waals surface area contributed by atoms with Crippen molar-refractivity contribution in [1.29, 1.82) is 0 Å². The van der Waals surface area contributed by atoms with Gasteiger partial charge in [0.05, 0.1) is 16.6 Å². The number of oxazole rings is 1. The minimum Gasteiger partial charge on any atom is -0.488 e. The lowest BCUT2D eigenvalue weighted by Crippen LogP contribution is -1.97. The van der Waals surface area contributed by atoms with Gasteiger partial charge in [0, 0.05) is 6.07 Å². The summed E-state index contributed by atoms with van der Waals surface area (Å²) in [5, 5.41) is 13.1. The fourth-order valence-electron chi connectivity index (χ4n) is 3.38. The third kappa shape index (κ3) is 3.35. The molecule has 1 aromatic heterocycles. The van der Waals surface area contributed by atoms with Crippen molar-refractivity contribution in [3.8, 4) is 17.2 Å². The molecule has 0 saturated carbocycles. The Morgan fingerprint density at radius 2 is 1.63 bits per heavy atom. The van der Waals surface area contributed by atoms with E-state index in [9.17, 15) is 10.1 Å². The van der Waals surface area contributed by atoms with Crippen molar-refractivity contribution in [2.75, 3.05) is 0 Å². The molecule has 0 atom stereocenters. The van der Waals surface area contributed by atoms with Crippen molar-refractivity contribution in [3.63, 3.8) is 0 Å². The maximum absolute atomic E-state index is 11.1. The molecule has 0 amide bonds. The average Bonchev–Trinajstić information content (AvgIpc) is 3.21. The summed E-state index contributed by atoms with van der Waals surface area (Å²) in [4.78, 5) is 15.1. The van der Waals surface area contributed by atoms with Crippen molar-refractivity contribution >= 4 is 27.6 Å². The van der Waals surface area contributed by atoms with Crippen LogP contribution in [0.25, 0.3) is 33.3 Å². The van der Waals surface area contributed by atoms with E-state index in [0.717, 1.165) is 16.3 Å². The van der Waals surface area contributed by atoms with E-state index in [0.29, 0.717) is 34.9 Å². The zero-order chi connectivity index (χ0) is 20.5. The molecular weight excluding hydrogens is 380 g/mol. The molecule has 0 aliphatic rings. The second kappa shape index (κ2) is 7.33. The number of benzene rings is 4. The van der Waals surface area contributed by atoms with Crippen LogP contribution < -0.4 is 4.74 Å². The first-order valence-corrected chi connectivity index (χ1v) is 9.42. The van der Waals surface area contributed by atoms with Crippen LogP contribution in [0.4, 0.5) is 5.69 Å². The summed E-state index contributed by atoms with van der Waals surface area (Å²) in [6.07, 6.45) is 0. The topological polar surface area (TPSA) is 78.4 Å². The maximum atomic E-state index is 11.1. The number of fused-ring (bicyclic) bond motifs is 2. The van der Waals surface area contributed by atoms with Crippen LogP contribution in [0, 0.1) is 10.1 Å². The lowest BCUT2D eigenvalue weighted by Gasteiger charge is -2.11. The monoisotopic (exact) mass is 396 g/mol. The predicted molar refractivity (Wildman–Crippen MR) is 114 cm³/mol. The van der Waals surface area contributed by atoms with Crippen molar-refractivity contribution in [1.82, 2.24) is 4.98 Å². The highest BCUT2D eigenvalue weighted by molar-refractivity contribution is 5.90. The van der Waals surface area contributed by atoms with Crippen molar-refractivity contribution in [2.24, 2.45) is 0 Å². The zero-order valence-corrected chi connectivity index (χ0v) is 15.8. The molecule has 0 radical (unpaired) electrons. The van der Waals surface area contributed by atoms with Gasteiger partial charge in [-0.1, -0.05) is 54.6 Å². The fourth-order valence-corrected chi connectivity index (χ4v) is 3.38. The van der Waals surface area contributed by atoms with Gasteiger partial charge < -0.3 is 9.15 Å². The molecule has 0 aliphatic heterocycles. The molecule has 0 unspecified atom stereocenters. The quantitative estimate of drug-likeness (QED) is 0.263. The van der Waals surface area contributed by atoms with E-state index < -0.39 is 4.92 Å². The van der Waals surface area contributed by atoms with Gasteiger partial charge >= 0.3 is 0 Å². The predicted octanol–water partition coefficient (Wildman–Crippen LogP) is 6.14. The third-order valence-corrected chi connectivity index (χ3v) is 4.90. The molecule has 6 heteroatoms. The second-order valence-corrected chi connectivity index (χ2v) is 6.90. The van der Waals surface area contributed by atoms with E-state index in [1.54, 1.807) is 6.07 Å². The minimum atomic E-state index is -0.452. The van der Waals surface area contributed by atoms with E-state index in [-0.39, 0.29) is 5.69 Å².